The smallest absolute Gasteiger partial charge is 0.277 e. The molecule has 1 aromatic carbocycles. The van der Waals surface area contributed by atoms with E-state index in [9.17, 15) is 4.79 Å². The number of rotatable bonds is 8. The fraction of sp³-hybridized carbons (Fsp3) is 0.450. The zero-order chi connectivity index (χ0) is 17.5. The van der Waals surface area contributed by atoms with E-state index in [4.69, 9.17) is 0 Å². The average molecular weight is 346 g/mol. The summed E-state index contributed by atoms with van der Waals surface area (Å²) in [5.74, 6) is 0.674. The number of carbonyl (C=O) groups is 1. The van der Waals surface area contributed by atoms with Crippen molar-refractivity contribution in [1.82, 2.24) is 5.32 Å². The summed E-state index contributed by atoms with van der Waals surface area (Å²) in [5, 5.41) is 7.17. The van der Waals surface area contributed by atoms with Crippen molar-refractivity contribution in [1.29, 1.82) is 0 Å². The van der Waals surface area contributed by atoms with Crippen molar-refractivity contribution in [3.05, 3.63) is 57.8 Å². The van der Waals surface area contributed by atoms with E-state index < -0.39 is 0 Å². The average Bonchev–Trinajstić information content (AvgIpc) is 3.13. The molecule has 0 spiro atoms. The number of nitrogens with one attached hydrogen (secondary N) is 1. The van der Waals surface area contributed by atoms with Gasteiger partial charge in [-0.15, -0.1) is 11.3 Å². The molecule has 0 unspecified atom stereocenters. The quantitative estimate of drug-likeness (QED) is 0.756. The van der Waals surface area contributed by atoms with Crippen LogP contribution in [0.15, 0.2) is 41.8 Å². The Labute approximate surface area is 149 Å². The predicted molar refractivity (Wildman–Crippen MR) is 101 cm³/mol. The van der Waals surface area contributed by atoms with E-state index in [0.717, 1.165) is 6.42 Å². The predicted octanol–water partition coefficient (Wildman–Crippen LogP) is 3.44. The van der Waals surface area contributed by atoms with Gasteiger partial charge in [-0.05, 0) is 43.2 Å². The minimum absolute atomic E-state index is 0.0929. The molecule has 24 heavy (non-hydrogen) atoms. The third kappa shape index (κ3) is 4.68. The lowest BCUT2D eigenvalue weighted by Crippen LogP contribution is -2.92. The first-order valence-electron chi connectivity index (χ1n) is 8.82. The number of hydrogen-bond acceptors (Lipinski definition) is 2. The molecule has 0 aliphatic heterocycles. The van der Waals surface area contributed by atoms with Crippen LogP contribution in [0.3, 0.4) is 0 Å². The van der Waals surface area contributed by atoms with Gasteiger partial charge in [-0.1, -0.05) is 44.2 Å². The van der Waals surface area contributed by atoms with Crippen molar-refractivity contribution in [2.75, 3.05) is 6.54 Å². The highest BCUT2D eigenvalue weighted by atomic mass is 32.1. The van der Waals surface area contributed by atoms with Crippen molar-refractivity contribution < 1.29 is 10.1 Å². The zero-order valence-electron chi connectivity index (χ0n) is 15.1. The SMILES string of the molecule is CCNC(=O)[C@H](C)[NH2+][C@@H](c1ccc([C@@H](C)CC)cc1)c1cccs1. The molecule has 2 rings (SSSR count). The van der Waals surface area contributed by atoms with E-state index in [0.29, 0.717) is 12.5 Å². The summed E-state index contributed by atoms with van der Waals surface area (Å²) >= 11 is 1.74. The first kappa shape index (κ1) is 18.7. The highest BCUT2D eigenvalue weighted by Gasteiger charge is 2.25. The van der Waals surface area contributed by atoms with Crippen LogP contribution in [0, 0.1) is 0 Å². The molecule has 0 aliphatic rings. The monoisotopic (exact) mass is 345 g/mol. The van der Waals surface area contributed by atoms with Gasteiger partial charge in [0.25, 0.3) is 5.91 Å². The third-order valence-electron chi connectivity index (χ3n) is 4.57. The summed E-state index contributed by atoms with van der Waals surface area (Å²) in [6.45, 7) is 9.07. The van der Waals surface area contributed by atoms with E-state index in [1.54, 1.807) is 11.3 Å². The normalized spacial score (nSPS) is 14.8. The molecule has 130 valence electrons. The molecule has 3 N–H and O–H groups in total. The molecule has 3 atom stereocenters. The van der Waals surface area contributed by atoms with E-state index in [1.165, 1.54) is 16.0 Å². The van der Waals surface area contributed by atoms with Crippen molar-refractivity contribution in [2.24, 2.45) is 0 Å². The molecule has 0 aliphatic carbocycles. The van der Waals surface area contributed by atoms with Crippen molar-refractivity contribution in [2.45, 2.75) is 52.1 Å². The van der Waals surface area contributed by atoms with Crippen molar-refractivity contribution >= 4 is 17.2 Å². The lowest BCUT2D eigenvalue weighted by molar-refractivity contribution is -0.704. The maximum absolute atomic E-state index is 12.1. The molecule has 2 aromatic rings. The number of thiophene rings is 1. The first-order valence-corrected chi connectivity index (χ1v) is 9.70. The summed E-state index contributed by atoms with van der Waals surface area (Å²) in [6, 6.07) is 13.2. The Morgan fingerprint density at radius 2 is 1.79 bits per heavy atom. The van der Waals surface area contributed by atoms with Crippen LogP contribution in [0.4, 0.5) is 0 Å². The molecule has 0 bridgehead atoms. The van der Waals surface area contributed by atoms with Gasteiger partial charge in [0.1, 0.15) is 6.04 Å². The summed E-state index contributed by atoms with van der Waals surface area (Å²) in [5.41, 5.74) is 2.63. The summed E-state index contributed by atoms with van der Waals surface area (Å²) < 4.78 is 0. The number of carbonyl (C=O) groups excluding carboxylic acids is 1. The van der Waals surface area contributed by atoms with E-state index in [1.807, 2.05) is 13.8 Å². The molecular formula is C20H29N2OS+. The Morgan fingerprint density at radius 1 is 1.12 bits per heavy atom. The van der Waals surface area contributed by atoms with Gasteiger partial charge in [-0.2, -0.15) is 0 Å². The molecule has 4 heteroatoms. The third-order valence-corrected chi connectivity index (χ3v) is 5.53. The standard InChI is InChI=1S/C20H28N2OS/c1-5-14(3)16-9-11-17(12-10-16)19(18-8-7-13-24-18)22-15(4)20(23)21-6-2/h7-15,19,22H,5-6H2,1-4H3,(H,21,23)/p+1/t14-,15-,19-/m0/s1. The van der Waals surface area contributed by atoms with Gasteiger partial charge in [-0.25, -0.2) is 0 Å². The van der Waals surface area contributed by atoms with Crippen LogP contribution >= 0.6 is 11.3 Å². The van der Waals surface area contributed by atoms with Crippen LogP contribution in [0.25, 0.3) is 0 Å². The van der Waals surface area contributed by atoms with Crippen molar-refractivity contribution in [3.63, 3.8) is 0 Å². The fourth-order valence-electron chi connectivity index (χ4n) is 2.82. The van der Waals surface area contributed by atoms with Gasteiger partial charge in [-0.3, -0.25) is 4.79 Å². The van der Waals surface area contributed by atoms with E-state index in [-0.39, 0.29) is 18.0 Å². The molecule has 0 fully saturated rings. The number of quaternary nitrogens is 1. The van der Waals surface area contributed by atoms with Crippen LogP contribution in [0.5, 0.6) is 0 Å². The topological polar surface area (TPSA) is 45.7 Å². The maximum Gasteiger partial charge on any atom is 0.277 e. The molecule has 3 nitrogen and oxygen atoms in total. The van der Waals surface area contributed by atoms with Crippen LogP contribution in [0.1, 0.15) is 62.1 Å². The number of nitrogens with two attached hydrogens (primary N) is 1. The number of amides is 1. The van der Waals surface area contributed by atoms with Crippen LogP contribution in [0.2, 0.25) is 0 Å². The zero-order valence-corrected chi connectivity index (χ0v) is 15.9. The Hall–Kier alpha value is -1.65. The molecular weight excluding hydrogens is 316 g/mol. The Bertz CT molecular complexity index is 622. The van der Waals surface area contributed by atoms with Gasteiger partial charge in [0.05, 0.1) is 4.88 Å². The van der Waals surface area contributed by atoms with Gasteiger partial charge in [0, 0.05) is 12.1 Å². The van der Waals surface area contributed by atoms with Gasteiger partial charge in [0.15, 0.2) is 6.04 Å². The Kier molecular flexibility index (Phi) is 7.00. The highest BCUT2D eigenvalue weighted by Crippen LogP contribution is 2.25. The minimum Gasteiger partial charge on any atom is -0.351 e. The number of likely N-dealkylation sites (N-methyl/N-ethyl adjacent to an activating group) is 1. The highest BCUT2D eigenvalue weighted by molar-refractivity contribution is 7.10. The van der Waals surface area contributed by atoms with Gasteiger partial charge in [0.2, 0.25) is 0 Å². The first-order chi connectivity index (χ1) is 11.6. The molecule has 0 saturated heterocycles. The Morgan fingerprint density at radius 3 is 2.33 bits per heavy atom. The lowest BCUT2D eigenvalue weighted by Gasteiger charge is -2.20. The Balaban J connectivity index is 2.22. The molecule has 0 radical (unpaired) electrons. The summed E-state index contributed by atoms with van der Waals surface area (Å²) in [6.07, 6.45) is 1.15. The summed E-state index contributed by atoms with van der Waals surface area (Å²) in [7, 11) is 0. The van der Waals surface area contributed by atoms with Crippen LogP contribution in [-0.4, -0.2) is 18.5 Å². The minimum atomic E-state index is -0.119. The molecule has 1 aromatic heterocycles. The molecule has 0 saturated carbocycles. The van der Waals surface area contributed by atoms with Gasteiger partial charge < -0.3 is 10.6 Å². The second kappa shape index (κ2) is 9.00. The largest absolute Gasteiger partial charge is 0.351 e. The second-order valence-corrected chi connectivity index (χ2v) is 7.32. The number of benzene rings is 1. The summed E-state index contributed by atoms with van der Waals surface area (Å²) in [4.78, 5) is 13.4. The van der Waals surface area contributed by atoms with Crippen LogP contribution < -0.4 is 10.6 Å². The van der Waals surface area contributed by atoms with Crippen molar-refractivity contribution in [3.8, 4) is 0 Å². The maximum atomic E-state index is 12.1. The lowest BCUT2D eigenvalue weighted by atomic mass is 9.95. The number of hydrogen-bond donors (Lipinski definition) is 2. The second-order valence-electron chi connectivity index (χ2n) is 6.34. The fourth-order valence-corrected chi connectivity index (χ4v) is 3.65. The van der Waals surface area contributed by atoms with E-state index in [2.05, 4.69) is 66.3 Å². The molecule has 1 heterocycles. The van der Waals surface area contributed by atoms with Gasteiger partial charge >= 0.3 is 0 Å². The van der Waals surface area contributed by atoms with E-state index >= 15 is 0 Å². The molecule has 1 amide bonds. The van der Waals surface area contributed by atoms with Crippen LogP contribution in [-0.2, 0) is 4.79 Å².